The van der Waals surface area contributed by atoms with Gasteiger partial charge in [-0.1, -0.05) is 17.7 Å². The molecule has 2 aromatic rings. The van der Waals surface area contributed by atoms with Gasteiger partial charge in [-0.15, -0.1) is 0 Å². The van der Waals surface area contributed by atoms with Gasteiger partial charge in [0.1, 0.15) is 0 Å². The predicted molar refractivity (Wildman–Crippen MR) is 78.1 cm³/mol. The number of anilines is 1. The number of benzene rings is 1. The molecule has 2 rings (SSSR count). The molecule has 0 aliphatic heterocycles. The molecule has 7 heteroatoms. The van der Waals surface area contributed by atoms with Crippen LogP contribution in [0, 0.1) is 5.82 Å². The van der Waals surface area contributed by atoms with Gasteiger partial charge in [-0.25, -0.2) is 14.2 Å². The number of ether oxygens (including phenoxy) is 1. The highest BCUT2D eigenvalue weighted by molar-refractivity contribution is 6.31. The molecule has 1 heterocycles. The molecule has 0 bridgehead atoms. The molecule has 0 aliphatic carbocycles. The molecule has 2 N–H and O–H groups in total. The summed E-state index contributed by atoms with van der Waals surface area (Å²) in [5.74, 6) is -0.213. The number of hydrogen-bond acceptors (Lipinski definition) is 3. The van der Waals surface area contributed by atoms with Crippen LogP contribution >= 0.6 is 11.6 Å². The van der Waals surface area contributed by atoms with Crippen LogP contribution in [0.15, 0.2) is 36.5 Å². The second kappa shape index (κ2) is 6.90. The van der Waals surface area contributed by atoms with Gasteiger partial charge < -0.3 is 15.4 Å². The molecular weight excluding hydrogens is 297 g/mol. The van der Waals surface area contributed by atoms with Crippen LogP contribution in [0.3, 0.4) is 0 Å². The van der Waals surface area contributed by atoms with Gasteiger partial charge in [-0.3, -0.25) is 0 Å². The Morgan fingerprint density at radius 2 is 2.24 bits per heavy atom. The Kier molecular flexibility index (Phi) is 4.94. The quantitative estimate of drug-likeness (QED) is 0.911. The maximum atomic E-state index is 13.6. The largest absolute Gasteiger partial charge is 0.481 e. The number of aromatic nitrogens is 1. The van der Waals surface area contributed by atoms with Crippen LogP contribution in [-0.2, 0) is 6.54 Å². The Labute approximate surface area is 126 Å². The van der Waals surface area contributed by atoms with E-state index in [9.17, 15) is 9.18 Å². The van der Waals surface area contributed by atoms with Gasteiger partial charge in [0.25, 0.3) is 0 Å². The van der Waals surface area contributed by atoms with Gasteiger partial charge in [0.15, 0.2) is 5.82 Å². The number of nitrogens with zero attached hydrogens (tertiary/aromatic N) is 1. The molecule has 0 aliphatic rings. The van der Waals surface area contributed by atoms with Crippen LogP contribution < -0.4 is 15.4 Å². The van der Waals surface area contributed by atoms with E-state index in [0.717, 1.165) is 5.56 Å². The van der Waals surface area contributed by atoms with E-state index in [-0.39, 0.29) is 17.3 Å². The van der Waals surface area contributed by atoms with Crippen molar-refractivity contribution in [1.29, 1.82) is 0 Å². The van der Waals surface area contributed by atoms with Crippen LogP contribution in [0.25, 0.3) is 0 Å². The normalized spacial score (nSPS) is 10.0. The lowest BCUT2D eigenvalue weighted by Gasteiger charge is -2.09. The number of halogens is 2. The molecule has 5 nitrogen and oxygen atoms in total. The van der Waals surface area contributed by atoms with Gasteiger partial charge in [0, 0.05) is 18.8 Å². The second-order valence-electron chi connectivity index (χ2n) is 4.12. The minimum absolute atomic E-state index is 0.0207. The van der Waals surface area contributed by atoms with E-state index in [1.165, 1.54) is 19.2 Å². The standard InChI is InChI=1S/C14H13ClFN3O2/c1-21-12-7-9(5-6-17-12)8-18-14(20)19-11-4-2-3-10(15)13(11)16/h2-7H,8H2,1H3,(H2,18,19,20). The van der Waals surface area contributed by atoms with Crippen molar-refractivity contribution in [2.75, 3.05) is 12.4 Å². The Morgan fingerprint density at radius 3 is 3.00 bits per heavy atom. The lowest BCUT2D eigenvalue weighted by atomic mass is 10.2. The first-order valence-corrected chi connectivity index (χ1v) is 6.45. The maximum absolute atomic E-state index is 13.6. The Bertz CT molecular complexity index is 652. The molecule has 0 saturated carbocycles. The third-order valence-corrected chi connectivity index (χ3v) is 2.95. The molecule has 110 valence electrons. The molecule has 21 heavy (non-hydrogen) atoms. The zero-order valence-corrected chi connectivity index (χ0v) is 11.9. The highest BCUT2D eigenvalue weighted by atomic mass is 35.5. The molecule has 1 aromatic carbocycles. The third-order valence-electron chi connectivity index (χ3n) is 2.66. The lowest BCUT2D eigenvalue weighted by Crippen LogP contribution is -2.28. The second-order valence-corrected chi connectivity index (χ2v) is 4.52. The fourth-order valence-electron chi connectivity index (χ4n) is 1.62. The zero-order valence-electron chi connectivity index (χ0n) is 11.2. The summed E-state index contributed by atoms with van der Waals surface area (Å²) in [5.41, 5.74) is 0.830. The summed E-state index contributed by atoms with van der Waals surface area (Å²) in [7, 11) is 1.51. The highest BCUT2D eigenvalue weighted by Crippen LogP contribution is 2.21. The van der Waals surface area contributed by atoms with Crippen molar-refractivity contribution in [2.24, 2.45) is 0 Å². The topological polar surface area (TPSA) is 63.2 Å². The summed E-state index contributed by atoms with van der Waals surface area (Å²) < 4.78 is 18.6. The minimum Gasteiger partial charge on any atom is -0.481 e. The van der Waals surface area contributed by atoms with E-state index in [1.807, 2.05) is 0 Å². The molecule has 0 radical (unpaired) electrons. The van der Waals surface area contributed by atoms with E-state index in [0.29, 0.717) is 5.88 Å². The summed E-state index contributed by atoms with van der Waals surface area (Å²) >= 11 is 5.64. The number of rotatable bonds is 4. The van der Waals surface area contributed by atoms with Gasteiger partial charge >= 0.3 is 6.03 Å². The summed E-state index contributed by atoms with van der Waals surface area (Å²) in [6.07, 6.45) is 1.57. The number of pyridine rings is 1. The van der Waals surface area contributed by atoms with Crippen molar-refractivity contribution >= 4 is 23.3 Å². The van der Waals surface area contributed by atoms with E-state index in [1.54, 1.807) is 24.4 Å². The van der Waals surface area contributed by atoms with E-state index in [4.69, 9.17) is 16.3 Å². The first-order valence-electron chi connectivity index (χ1n) is 6.08. The molecule has 0 spiro atoms. The monoisotopic (exact) mass is 309 g/mol. The molecule has 1 aromatic heterocycles. The van der Waals surface area contributed by atoms with Crippen LogP contribution in [0.2, 0.25) is 5.02 Å². The van der Waals surface area contributed by atoms with Crippen molar-refractivity contribution in [3.63, 3.8) is 0 Å². The van der Waals surface area contributed by atoms with E-state index in [2.05, 4.69) is 15.6 Å². The number of hydrogen-bond donors (Lipinski definition) is 2. The summed E-state index contributed by atoms with van der Waals surface area (Å²) in [5, 5.41) is 4.95. The van der Waals surface area contributed by atoms with Crippen LogP contribution in [0.1, 0.15) is 5.56 Å². The predicted octanol–water partition coefficient (Wildman–Crippen LogP) is 3.20. The number of nitrogens with one attached hydrogen (secondary N) is 2. The number of amides is 2. The van der Waals surface area contributed by atoms with Gasteiger partial charge in [0.2, 0.25) is 5.88 Å². The molecule has 0 atom stereocenters. The number of carbonyl (C=O) groups excluding carboxylic acids is 1. The molecule has 0 saturated heterocycles. The van der Waals surface area contributed by atoms with Crippen molar-refractivity contribution < 1.29 is 13.9 Å². The zero-order chi connectivity index (χ0) is 15.2. The Hall–Kier alpha value is -2.34. The fourth-order valence-corrected chi connectivity index (χ4v) is 1.80. The third kappa shape index (κ3) is 4.06. The maximum Gasteiger partial charge on any atom is 0.319 e. The van der Waals surface area contributed by atoms with Crippen LogP contribution in [-0.4, -0.2) is 18.1 Å². The minimum atomic E-state index is -0.667. The molecule has 0 fully saturated rings. The van der Waals surface area contributed by atoms with Crippen molar-refractivity contribution in [3.8, 4) is 5.88 Å². The van der Waals surface area contributed by atoms with Crippen LogP contribution in [0.5, 0.6) is 5.88 Å². The summed E-state index contributed by atoms with van der Waals surface area (Å²) in [6, 6.07) is 7.28. The number of carbonyl (C=O) groups is 1. The van der Waals surface area contributed by atoms with Crippen molar-refractivity contribution in [2.45, 2.75) is 6.54 Å². The van der Waals surface area contributed by atoms with Crippen LogP contribution in [0.4, 0.5) is 14.9 Å². The number of methoxy groups -OCH3 is 1. The lowest BCUT2D eigenvalue weighted by molar-refractivity contribution is 0.251. The van der Waals surface area contributed by atoms with E-state index >= 15 is 0 Å². The Morgan fingerprint density at radius 1 is 1.43 bits per heavy atom. The highest BCUT2D eigenvalue weighted by Gasteiger charge is 2.09. The molecular formula is C14H13ClFN3O2. The van der Waals surface area contributed by atoms with Gasteiger partial charge in [-0.05, 0) is 23.8 Å². The first-order chi connectivity index (χ1) is 10.1. The average Bonchev–Trinajstić information content (AvgIpc) is 2.50. The number of urea groups is 1. The van der Waals surface area contributed by atoms with Gasteiger partial charge in [0.05, 0.1) is 17.8 Å². The molecule has 2 amide bonds. The SMILES string of the molecule is COc1cc(CNC(=O)Nc2cccc(Cl)c2F)ccn1. The fraction of sp³-hybridized carbons (Fsp3) is 0.143. The smallest absolute Gasteiger partial charge is 0.319 e. The van der Waals surface area contributed by atoms with Gasteiger partial charge in [-0.2, -0.15) is 0 Å². The van der Waals surface area contributed by atoms with E-state index < -0.39 is 11.8 Å². The Balaban J connectivity index is 1.94. The van der Waals surface area contributed by atoms with Crippen molar-refractivity contribution in [1.82, 2.24) is 10.3 Å². The first kappa shape index (κ1) is 15.1. The average molecular weight is 310 g/mol. The summed E-state index contributed by atoms with van der Waals surface area (Å²) in [4.78, 5) is 15.7. The molecule has 0 unspecified atom stereocenters. The van der Waals surface area contributed by atoms with Crippen molar-refractivity contribution in [3.05, 3.63) is 52.9 Å². The summed E-state index contributed by atoms with van der Waals surface area (Å²) in [6.45, 7) is 0.257.